The van der Waals surface area contributed by atoms with Crippen LogP contribution in [-0.2, 0) is 11.2 Å². The van der Waals surface area contributed by atoms with Crippen molar-refractivity contribution >= 4 is 28.6 Å². The van der Waals surface area contributed by atoms with Crippen molar-refractivity contribution in [1.82, 2.24) is 0 Å². The Morgan fingerprint density at radius 2 is 1.92 bits per heavy atom. The van der Waals surface area contributed by atoms with Gasteiger partial charge in [0.05, 0.1) is 0 Å². The van der Waals surface area contributed by atoms with Gasteiger partial charge in [0, 0.05) is 0 Å². The number of halogens is 1. The number of phenolic OH excluding ortho intramolecular Hbond substituents is 1. The number of aliphatic carboxylic acids is 1. The van der Waals surface area contributed by atoms with Gasteiger partial charge in [0.1, 0.15) is 9.67 Å². The second-order valence-corrected chi connectivity index (χ2v) is 4.18. The highest BCUT2D eigenvalue weighted by molar-refractivity contribution is 14.1. The van der Waals surface area contributed by atoms with Crippen LogP contribution in [0.15, 0.2) is 24.3 Å². The first-order valence-corrected chi connectivity index (χ1v) is 4.99. The minimum Gasteiger partial charge on any atom is -0.508 e. The third-order valence-electron chi connectivity index (χ3n) is 1.62. The fraction of sp³-hybridized carbons (Fsp3) is 0.222. The Hall–Kier alpha value is -0.780. The van der Waals surface area contributed by atoms with E-state index in [0.717, 1.165) is 5.56 Å². The molecule has 0 fully saturated rings. The highest BCUT2D eigenvalue weighted by Gasteiger charge is 2.12. The summed E-state index contributed by atoms with van der Waals surface area (Å²) in [6.07, 6.45) is 0.482. The standard InChI is InChI=1S/C9H9IO3/c10-8(9(12)13)5-6-1-3-7(11)4-2-6/h1-4,8,11H,5H2,(H,12,13). The lowest BCUT2D eigenvalue weighted by Crippen LogP contribution is -2.14. The average molecular weight is 292 g/mol. The van der Waals surface area contributed by atoms with Crippen LogP contribution in [-0.4, -0.2) is 20.1 Å². The largest absolute Gasteiger partial charge is 0.508 e. The van der Waals surface area contributed by atoms with Crippen molar-refractivity contribution in [3.8, 4) is 5.75 Å². The fourth-order valence-electron chi connectivity index (χ4n) is 0.926. The highest BCUT2D eigenvalue weighted by atomic mass is 127. The first-order valence-electron chi connectivity index (χ1n) is 3.74. The average Bonchev–Trinajstić information content (AvgIpc) is 2.08. The Balaban J connectivity index is 2.64. The van der Waals surface area contributed by atoms with Crippen molar-refractivity contribution in [2.24, 2.45) is 0 Å². The molecule has 2 N–H and O–H groups in total. The number of carboxylic acids is 1. The van der Waals surface area contributed by atoms with Crippen molar-refractivity contribution in [2.75, 3.05) is 0 Å². The molecule has 0 spiro atoms. The van der Waals surface area contributed by atoms with Crippen LogP contribution in [0.4, 0.5) is 0 Å². The third-order valence-corrected chi connectivity index (χ3v) is 2.59. The predicted octanol–water partition coefficient (Wildman–Crippen LogP) is 1.82. The lowest BCUT2D eigenvalue weighted by molar-refractivity contribution is -0.135. The van der Waals surface area contributed by atoms with Gasteiger partial charge in [-0.15, -0.1) is 0 Å². The lowest BCUT2D eigenvalue weighted by atomic mass is 10.1. The molecule has 1 atom stereocenters. The second kappa shape index (κ2) is 4.45. The van der Waals surface area contributed by atoms with Gasteiger partial charge in [0.2, 0.25) is 0 Å². The van der Waals surface area contributed by atoms with E-state index < -0.39 is 9.89 Å². The molecular formula is C9H9IO3. The van der Waals surface area contributed by atoms with Crippen LogP contribution in [0.2, 0.25) is 0 Å². The summed E-state index contributed by atoms with van der Waals surface area (Å²) >= 11 is 1.88. The molecule has 0 bridgehead atoms. The summed E-state index contributed by atoms with van der Waals surface area (Å²) in [4.78, 5) is 10.5. The highest BCUT2D eigenvalue weighted by Crippen LogP contribution is 2.14. The zero-order valence-electron chi connectivity index (χ0n) is 6.77. The van der Waals surface area contributed by atoms with E-state index in [4.69, 9.17) is 10.2 Å². The van der Waals surface area contributed by atoms with Crippen LogP contribution in [0, 0.1) is 0 Å². The first kappa shape index (κ1) is 10.3. The molecule has 0 amide bonds. The molecule has 1 aromatic carbocycles. The maximum absolute atomic E-state index is 10.5. The number of rotatable bonds is 3. The number of alkyl halides is 1. The molecule has 1 unspecified atom stereocenters. The molecule has 0 aliphatic carbocycles. The van der Waals surface area contributed by atoms with Crippen LogP contribution in [0.1, 0.15) is 5.56 Å². The maximum atomic E-state index is 10.5. The maximum Gasteiger partial charge on any atom is 0.316 e. The first-order chi connectivity index (χ1) is 6.09. The normalized spacial score (nSPS) is 12.4. The number of aromatic hydroxyl groups is 1. The molecule has 0 heterocycles. The Kier molecular flexibility index (Phi) is 3.53. The molecule has 1 rings (SSSR count). The van der Waals surface area contributed by atoms with E-state index in [0.29, 0.717) is 6.42 Å². The number of hydrogen-bond donors (Lipinski definition) is 2. The molecule has 0 aliphatic rings. The van der Waals surface area contributed by atoms with Crippen LogP contribution in [0.3, 0.4) is 0 Å². The summed E-state index contributed by atoms with van der Waals surface area (Å²) in [5, 5.41) is 17.6. The van der Waals surface area contributed by atoms with Gasteiger partial charge in [-0.25, -0.2) is 0 Å². The van der Waals surface area contributed by atoms with Crippen molar-refractivity contribution in [3.05, 3.63) is 29.8 Å². The third kappa shape index (κ3) is 3.22. The van der Waals surface area contributed by atoms with Gasteiger partial charge in [-0.05, 0) is 24.1 Å². The molecule has 0 saturated heterocycles. The summed E-state index contributed by atoms with van der Waals surface area (Å²) in [5.74, 6) is -0.613. The Morgan fingerprint density at radius 1 is 1.38 bits per heavy atom. The van der Waals surface area contributed by atoms with Crippen molar-refractivity contribution < 1.29 is 15.0 Å². The van der Waals surface area contributed by atoms with Crippen LogP contribution >= 0.6 is 22.6 Å². The summed E-state index contributed by atoms with van der Waals surface area (Å²) < 4.78 is -0.415. The quantitative estimate of drug-likeness (QED) is 0.660. The number of benzene rings is 1. The molecule has 4 heteroatoms. The zero-order valence-corrected chi connectivity index (χ0v) is 8.93. The zero-order chi connectivity index (χ0) is 9.84. The van der Waals surface area contributed by atoms with Gasteiger partial charge in [-0.1, -0.05) is 34.7 Å². The second-order valence-electron chi connectivity index (χ2n) is 2.68. The number of hydrogen-bond acceptors (Lipinski definition) is 2. The van der Waals surface area contributed by atoms with Crippen LogP contribution in [0.5, 0.6) is 5.75 Å². The summed E-state index contributed by atoms with van der Waals surface area (Å²) in [7, 11) is 0. The van der Waals surface area contributed by atoms with E-state index in [1.165, 1.54) is 0 Å². The molecule has 3 nitrogen and oxygen atoms in total. The Bertz CT molecular complexity index is 294. The number of carbonyl (C=O) groups is 1. The molecule has 13 heavy (non-hydrogen) atoms. The predicted molar refractivity (Wildman–Crippen MR) is 57.3 cm³/mol. The Morgan fingerprint density at radius 3 is 2.38 bits per heavy atom. The van der Waals surface area contributed by atoms with E-state index in [2.05, 4.69) is 0 Å². The smallest absolute Gasteiger partial charge is 0.316 e. The minimum atomic E-state index is -0.811. The number of carboxylic acid groups (broad SMARTS) is 1. The fourth-order valence-corrected chi connectivity index (χ4v) is 1.43. The van der Waals surface area contributed by atoms with Gasteiger partial charge >= 0.3 is 5.97 Å². The topological polar surface area (TPSA) is 57.5 Å². The van der Waals surface area contributed by atoms with Crippen molar-refractivity contribution in [3.63, 3.8) is 0 Å². The molecular weight excluding hydrogens is 283 g/mol. The molecule has 0 aromatic heterocycles. The molecule has 1 aromatic rings. The van der Waals surface area contributed by atoms with Crippen LogP contribution in [0.25, 0.3) is 0 Å². The van der Waals surface area contributed by atoms with E-state index in [1.807, 2.05) is 22.6 Å². The van der Waals surface area contributed by atoms with Gasteiger partial charge in [0.15, 0.2) is 0 Å². The van der Waals surface area contributed by atoms with Crippen molar-refractivity contribution in [2.45, 2.75) is 10.3 Å². The van der Waals surface area contributed by atoms with Gasteiger partial charge in [-0.2, -0.15) is 0 Å². The molecule has 0 saturated carbocycles. The molecule has 70 valence electrons. The Labute approximate surface area is 89.5 Å². The molecule has 0 radical (unpaired) electrons. The van der Waals surface area contributed by atoms with Crippen LogP contribution < -0.4 is 0 Å². The summed E-state index contributed by atoms with van der Waals surface area (Å²) in [6, 6.07) is 6.56. The van der Waals surface area contributed by atoms with E-state index in [9.17, 15) is 4.79 Å². The van der Waals surface area contributed by atoms with Gasteiger partial charge in [-0.3, -0.25) is 4.79 Å². The molecule has 0 aliphatic heterocycles. The number of phenols is 1. The van der Waals surface area contributed by atoms with Gasteiger partial charge < -0.3 is 10.2 Å². The summed E-state index contributed by atoms with van der Waals surface area (Å²) in [5.41, 5.74) is 0.916. The SMILES string of the molecule is O=C(O)C(I)Cc1ccc(O)cc1. The minimum absolute atomic E-state index is 0.198. The van der Waals surface area contributed by atoms with E-state index >= 15 is 0 Å². The van der Waals surface area contributed by atoms with Gasteiger partial charge in [0.25, 0.3) is 0 Å². The monoisotopic (exact) mass is 292 g/mol. The van der Waals surface area contributed by atoms with Crippen molar-refractivity contribution in [1.29, 1.82) is 0 Å². The summed E-state index contributed by atoms with van der Waals surface area (Å²) in [6.45, 7) is 0. The van der Waals surface area contributed by atoms with E-state index in [1.54, 1.807) is 24.3 Å². The lowest BCUT2D eigenvalue weighted by Gasteiger charge is -2.04. The van der Waals surface area contributed by atoms with E-state index in [-0.39, 0.29) is 5.75 Å².